The van der Waals surface area contributed by atoms with Gasteiger partial charge in [-0.05, 0) is 62.1 Å². The first-order valence-corrected chi connectivity index (χ1v) is 13.1. The molecule has 2 aromatic rings. The van der Waals surface area contributed by atoms with Crippen LogP contribution < -0.4 is 20.7 Å². The summed E-state index contributed by atoms with van der Waals surface area (Å²) in [5.41, 5.74) is 0. The van der Waals surface area contributed by atoms with E-state index in [1.165, 1.54) is 18.2 Å². The van der Waals surface area contributed by atoms with Crippen molar-refractivity contribution in [2.24, 2.45) is 5.92 Å². The summed E-state index contributed by atoms with van der Waals surface area (Å²) in [6.07, 6.45) is 3.86. The highest BCUT2D eigenvalue weighted by Gasteiger charge is 2.17. The molecule has 0 unspecified atom stereocenters. The third-order valence-corrected chi connectivity index (χ3v) is 6.82. The Bertz CT molecular complexity index is 991. The highest BCUT2D eigenvalue weighted by atomic mass is 35.5. The average molecular weight is 516 g/mol. The largest absolute Gasteiger partial charge is 0.334 e. The van der Waals surface area contributed by atoms with Gasteiger partial charge in [0, 0.05) is 30.4 Å². The van der Waals surface area contributed by atoms with Crippen LogP contribution in [0.3, 0.4) is 0 Å². The number of halogens is 2. The Labute approximate surface area is 205 Å². The van der Waals surface area contributed by atoms with Crippen LogP contribution in [0.4, 0.5) is 10.6 Å². The van der Waals surface area contributed by atoms with E-state index in [1.807, 2.05) is 0 Å². The summed E-state index contributed by atoms with van der Waals surface area (Å²) < 4.78 is 27.3. The van der Waals surface area contributed by atoms with Crippen molar-refractivity contribution in [1.82, 2.24) is 20.3 Å². The molecule has 0 bridgehead atoms. The standard InChI is InChI=1S/C22H31Cl2N5O3S/c1-16(2)13-18(28-22(30)29-21-7-3-4-11-26-21)15-25-10-5-6-12-27-33(31,32)20-9-8-17(23)14-19(20)24/h3-4,7-9,11,14,16,18,25,27H,5-6,10,12-13,15H2,1-2H3,(H2,26,28,29,30)/t18-/m0/s1. The zero-order valence-electron chi connectivity index (χ0n) is 18.8. The van der Waals surface area contributed by atoms with Crippen LogP contribution in [-0.4, -0.2) is 45.1 Å². The lowest BCUT2D eigenvalue weighted by atomic mass is 10.0. The number of unbranched alkanes of at least 4 members (excludes halogenated alkanes) is 1. The molecule has 0 saturated heterocycles. The maximum atomic E-state index is 12.4. The Morgan fingerprint density at radius 1 is 1.09 bits per heavy atom. The normalized spacial score (nSPS) is 12.5. The number of pyridine rings is 1. The molecule has 1 aromatic carbocycles. The predicted octanol–water partition coefficient (Wildman–Crippen LogP) is 4.27. The van der Waals surface area contributed by atoms with Crippen molar-refractivity contribution < 1.29 is 13.2 Å². The molecular weight excluding hydrogens is 485 g/mol. The predicted molar refractivity (Wildman–Crippen MR) is 133 cm³/mol. The monoisotopic (exact) mass is 515 g/mol. The molecular formula is C22H31Cl2N5O3S. The molecule has 0 spiro atoms. The number of aromatic nitrogens is 1. The number of amides is 2. The summed E-state index contributed by atoms with van der Waals surface area (Å²) in [6, 6.07) is 9.26. The molecule has 2 amide bonds. The van der Waals surface area contributed by atoms with E-state index in [1.54, 1.807) is 24.4 Å². The third-order valence-electron chi connectivity index (χ3n) is 4.64. The van der Waals surface area contributed by atoms with Crippen LogP contribution in [-0.2, 0) is 10.0 Å². The Morgan fingerprint density at radius 3 is 2.52 bits per heavy atom. The molecule has 11 heteroatoms. The molecule has 8 nitrogen and oxygen atoms in total. The van der Waals surface area contributed by atoms with Crippen molar-refractivity contribution in [2.75, 3.05) is 25.0 Å². The van der Waals surface area contributed by atoms with E-state index in [-0.39, 0.29) is 22.0 Å². The zero-order chi connectivity index (χ0) is 24.3. The quantitative estimate of drug-likeness (QED) is 0.297. The molecule has 4 N–H and O–H groups in total. The first kappa shape index (κ1) is 27.3. The summed E-state index contributed by atoms with van der Waals surface area (Å²) >= 11 is 11.8. The van der Waals surface area contributed by atoms with E-state index in [4.69, 9.17) is 23.2 Å². The molecule has 1 aromatic heterocycles. The van der Waals surface area contributed by atoms with Gasteiger partial charge in [0.1, 0.15) is 10.7 Å². The van der Waals surface area contributed by atoms with Gasteiger partial charge in [0.2, 0.25) is 10.0 Å². The van der Waals surface area contributed by atoms with Crippen LogP contribution in [0.1, 0.15) is 33.1 Å². The van der Waals surface area contributed by atoms with Crippen molar-refractivity contribution in [3.05, 3.63) is 52.6 Å². The van der Waals surface area contributed by atoms with Gasteiger partial charge in [-0.15, -0.1) is 0 Å². The van der Waals surface area contributed by atoms with Gasteiger partial charge < -0.3 is 10.6 Å². The molecule has 0 saturated carbocycles. The van der Waals surface area contributed by atoms with Crippen LogP contribution in [0.5, 0.6) is 0 Å². The zero-order valence-corrected chi connectivity index (χ0v) is 21.1. The first-order valence-electron chi connectivity index (χ1n) is 10.8. The second-order valence-corrected chi connectivity index (χ2v) is 10.6. The summed E-state index contributed by atoms with van der Waals surface area (Å²) in [5.74, 6) is 0.912. The highest BCUT2D eigenvalue weighted by molar-refractivity contribution is 7.89. The number of sulfonamides is 1. The van der Waals surface area contributed by atoms with Crippen LogP contribution in [0, 0.1) is 5.92 Å². The van der Waals surface area contributed by atoms with E-state index >= 15 is 0 Å². The minimum absolute atomic E-state index is 0.0123. The number of anilines is 1. The number of rotatable bonds is 13. The maximum Gasteiger partial charge on any atom is 0.320 e. The Balaban J connectivity index is 1.69. The molecule has 2 rings (SSSR count). The lowest BCUT2D eigenvalue weighted by Crippen LogP contribution is -2.45. The number of carbonyl (C=O) groups is 1. The molecule has 182 valence electrons. The van der Waals surface area contributed by atoms with Crippen LogP contribution >= 0.6 is 23.2 Å². The Hall–Kier alpha value is -1.91. The summed E-state index contributed by atoms with van der Waals surface area (Å²) in [4.78, 5) is 16.4. The number of carbonyl (C=O) groups excluding carboxylic acids is 1. The molecule has 0 aliphatic rings. The number of hydrogen-bond acceptors (Lipinski definition) is 5. The van der Waals surface area contributed by atoms with Gasteiger partial charge in [-0.3, -0.25) is 5.32 Å². The summed E-state index contributed by atoms with van der Waals surface area (Å²) in [5, 5.41) is 9.51. The number of hydrogen-bond donors (Lipinski definition) is 4. The van der Waals surface area contributed by atoms with Gasteiger partial charge in [-0.25, -0.2) is 22.9 Å². The van der Waals surface area contributed by atoms with Crippen molar-refractivity contribution in [3.8, 4) is 0 Å². The van der Waals surface area contributed by atoms with Crippen molar-refractivity contribution in [3.63, 3.8) is 0 Å². The second-order valence-electron chi connectivity index (χ2n) is 8.02. The number of urea groups is 1. The van der Waals surface area contributed by atoms with Crippen molar-refractivity contribution >= 4 is 45.1 Å². The number of nitrogens with zero attached hydrogens (tertiary/aromatic N) is 1. The van der Waals surface area contributed by atoms with Crippen LogP contribution in [0.25, 0.3) is 0 Å². The molecule has 0 radical (unpaired) electrons. The molecule has 33 heavy (non-hydrogen) atoms. The highest BCUT2D eigenvalue weighted by Crippen LogP contribution is 2.24. The number of benzene rings is 1. The molecule has 0 aliphatic heterocycles. The summed E-state index contributed by atoms with van der Waals surface area (Å²) in [6.45, 7) is 5.80. The van der Waals surface area contributed by atoms with Gasteiger partial charge in [-0.1, -0.05) is 43.1 Å². The first-order chi connectivity index (χ1) is 15.7. The van der Waals surface area contributed by atoms with E-state index in [0.717, 1.165) is 12.8 Å². The molecule has 1 heterocycles. The van der Waals surface area contributed by atoms with Gasteiger partial charge in [0.05, 0.1) is 5.02 Å². The van der Waals surface area contributed by atoms with E-state index in [2.05, 4.69) is 39.5 Å². The molecule has 1 atom stereocenters. The molecule has 0 fully saturated rings. The third kappa shape index (κ3) is 10.3. The van der Waals surface area contributed by atoms with E-state index < -0.39 is 10.0 Å². The minimum atomic E-state index is -3.69. The van der Waals surface area contributed by atoms with Gasteiger partial charge >= 0.3 is 6.03 Å². The van der Waals surface area contributed by atoms with Gasteiger partial charge in [-0.2, -0.15) is 0 Å². The fraction of sp³-hybridized carbons (Fsp3) is 0.455. The average Bonchev–Trinajstić information content (AvgIpc) is 2.72. The molecule has 0 aliphatic carbocycles. The van der Waals surface area contributed by atoms with Crippen molar-refractivity contribution in [1.29, 1.82) is 0 Å². The number of nitrogens with one attached hydrogen (secondary N) is 4. The summed E-state index contributed by atoms with van der Waals surface area (Å²) in [7, 11) is -3.69. The fourth-order valence-corrected chi connectivity index (χ4v) is 5.01. The van der Waals surface area contributed by atoms with Crippen LogP contribution in [0.2, 0.25) is 10.0 Å². The van der Waals surface area contributed by atoms with E-state index in [0.29, 0.717) is 42.8 Å². The topological polar surface area (TPSA) is 112 Å². The lowest BCUT2D eigenvalue weighted by Gasteiger charge is -2.21. The smallest absolute Gasteiger partial charge is 0.320 e. The SMILES string of the molecule is CC(C)C[C@@H](CNCCCCNS(=O)(=O)c1ccc(Cl)cc1Cl)NC(=O)Nc1ccccn1. The maximum absolute atomic E-state index is 12.4. The fourth-order valence-electron chi connectivity index (χ4n) is 3.17. The Kier molecular flexibility index (Phi) is 11.4. The minimum Gasteiger partial charge on any atom is -0.334 e. The van der Waals surface area contributed by atoms with Crippen molar-refractivity contribution in [2.45, 2.75) is 44.0 Å². The van der Waals surface area contributed by atoms with E-state index in [9.17, 15) is 13.2 Å². The van der Waals surface area contributed by atoms with Gasteiger partial charge in [0.15, 0.2) is 0 Å². The lowest BCUT2D eigenvalue weighted by molar-refractivity contribution is 0.245. The van der Waals surface area contributed by atoms with Crippen LogP contribution in [0.15, 0.2) is 47.5 Å². The van der Waals surface area contributed by atoms with Gasteiger partial charge in [0.25, 0.3) is 0 Å². The second kappa shape index (κ2) is 13.7. The Morgan fingerprint density at radius 2 is 1.85 bits per heavy atom.